The molecule has 27 heavy (non-hydrogen) atoms. The van der Waals surface area contributed by atoms with Crippen LogP contribution in [0.15, 0.2) is 39.8 Å². The first kappa shape index (κ1) is 20.1. The van der Waals surface area contributed by atoms with Crippen LogP contribution in [-0.2, 0) is 17.1 Å². The van der Waals surface area contributed by atoms with Gasteiger partial charge in [-0.15, -0.1) is 0 Å². The SMILES string of the molecule is Cc1cc(NC(=O)c2cc(S(=O)(=O)N3CCC[C@@H](C)C3)cn2C)ccc1Br. The summed E-state index contributed by atoms with van der Waals surface area (Å²) < 4.78 is 29.9. The quantitative estimate of drug-likeness (QED) is 0.765. The Bertz CT molecular complexity index is 969. The van der Waals surface area contributed by atoms with Gasteiger partial charge in [0.25, 0.3) is 5.91 Å². The molecule has 1 fully saturated rings. The van der Waals surface area contributed by atoms with E-state index in [4.69, 9.17) is 0 Å². The molecule has 0 bridgehead atoms. The molecule has 0 spiro atoms. The number of nitrogens with one attached hydrogen (secondary N) is 1. The summed E-state index contributed by atoms with van der Waals surface area (Å²) in [5, 5.41) is 2.83. The average molecular weight is 454 g/mol. The molecule has 1 N–H and O–H groups in total. The van der Waals surface area contributed by atoms with Gasteiger partial charge in [0.05, 0.1) is 0 Å². The van der Waals surface area contributed by atoms with Crippen LogP contribution in [0.25, 0.3) is 0 Å². The minimum atomic E-state index is -3.59. The number of amides is 1. The van der Waals surface area contributed by atoms with Crippen molar-refractivity contribution in [3.63, 3.8) is 0 Å². The molecule has 1 aliphatic heterocycles. The monoisotopic (exact) mass is 453 g/mol. The van der Waals surface area contributed by atoms with Crippen LogP contribution in [0.3, 0.4) is 0 Å². The van der Waals surface area contributed by atoms with Crippen molar-refractivity contribution in [3.8, 4) is 0 Å². The van der Waals surface area contributed by atoms with E-state index in [9.17, 15) is 13.2 Å². The zero-order chi connectivity index (χ0) is 19.8. The van der Waals surface area contributed by atoms with Crippen LogP contribution in [0.4, 0.5) is 5.69 Å². The van der Waals surface area contributed by atoms with Crippen LogP contribution in [0.2, 0.25) is 0 Å². The largest absolute Gasteiger partial charge is 0.345 e. The molecular weight excluding hydrogens is 430 g/mol. The summed E-state index contributed by atoms with van der Waals surface area (Å²) in [5.74, 6) is 0.00772. The Morgan fingerprint density at radius 3 is 2.70 bits per heavy atom. The number of sulfonamides is 1. The fourth-order valence-electron chi connectivity index (χ4n) is 3.33. The minimum absolute atomic E-state index is 0.163. The van der Waals surface area contributed by atoms with Crippen LogP contribution < -0.4 is 5.32 Å². The van der Waals surface area contributed by atoms with Crippen LogP contribution >= 0.6 is 15.9 Å². The summed E-state index contributed by atoms with van der Waals surface area (Å²) in [6, 6.07) is 6.97. The summed E-state index contributed by atoms with van der Waals surface area (Å²) in [6.45, 7) is 5.05. The first-order chi connectivity index (χ1) is 12.7. The molecule has 1 amide bonds. The molecule has 2 aromatic rings. The lowest BCUT2D eigenvalue weighted by Crippen LogP contribution is -2.38. The molecule has 1 saturated heterocycles. The molecule has 8 heteroatoms. The molecule has 1 aromatic heterocycles. The van der Waals surface area contributed by atoms with Crippen molar-refractivity contribution in [2.24, 2.45) is 13.0 Å². The van der Waals surface area contributed by atoms with E-state index in [0.717, 1.165) is 22.9 Å². The highest BCUT2D eigenvalue weighted by molar-refractivity contribution is 9.10. The number of hydrogen-bond donors (Lipinski definition) is 1. The third kappa shape index (κ3) is 4.28. The maximum atomic E-state index is 12.9. The van der Waals surface area contributed by atoms with Crippen molar-refractivity contribution in [3.05, 3.63) is 46.2 Å². The van der Waals surface area contributed by atoms with Crippen LogP contribution in [0, 0.1) is 12.8 Å². The molecule has 6 nitrogen and oxygen atoms in total. The lowest BCUT2D eigenvalue weighted by atomic mass is 10.0. The van der Waals surface area contributed by atoms with E-state index in [1.54, 1.807) is 17.7 Å². The van der Waals surface area contributed by atoms with Gasteiger partial charge in [0.2, 0.25) is 10.0 Å². The molecule has 0 aliphatic carbocycles. The summed E-state index contributed by atoms with van der Waals surface area (Å²) in [4.78, 5) is 12.8. The Hall–Kier alpha value is -1.64. The highest BCUT2D eigenvalue weighted by Gasteiger charge is 2.30. The van der Waals surface area contributed by atoms with Gasteiger partial charge in [-0.1, -0.05) is 22.9 Å². The fraction of sp³-hybridized carbons (Fsp3) is 0.421. The second kappa shape index (κ2) is 7.77. The van der Waals surface area contributed by atoms with Crippen molar-refractivity contribution < 1.29 is 13.2 Å². The number of carbonyl (C=O) groups is 1. The molecular formula is C19H24BrN3O3S. The molecule has 1 aromatic carbocycles. The third-order valence-electron chi connectivity index (χ3n) is 4.89. The zero-order valence-corrected chi connectivity index (χ0v) is 18.1. The van der Waals surface area contributed by atoms with Gasteiger partial charge in [0, 0.05) is 36.5 Å². The van der Waals surface area contributed by atoms with E-state index in [1.807, 2.05) is 19.1 Å². The summed E-state index contributed by atoms with van der Waals surface area (Å²) >= 11 is 3.43. The fourth-order valence-corrected chi connectivity index (χ4v) is 5.25. The van der Waals surface area contributed by atoms with Crippen molar-refractivity contribution in [1.29, 1.82) is 0 Å². The molecule has 0 radical (unpaired) electrons. The molecule has 0 unspecified atom stereocenters. The minimum Gasteiger partial charge on any atom is -0.345 e. The van der Waals surface area contributed by atoms with Crippen molar-refractivity contribution in [2.75, 3.05) is 18.4 Å². The summed E-state index contributed by atoms with van der Waals surface area (Å²) in [6.07, 6.45) is 3.42. The van der Waals surface area contributed by atoms with Gasteiger partial charge in [-0.25, -0.2) is 8.42 Å². The molecule has 0 saturated carbocycles. The van der Waals surface area contributed by atoms with E-state index >= 15 is 0 Å². The predicted molar refractivity (Wildman–Crippen MR) is 109 cm³/mol. The topological polar surface area (TPSA) is 71.4 Å². The molecule has 1 aliphatic rings. The maximum absolute atomic E-state index is 12.9. The number of hydrogen-bond acceptors (Lipinski definition) is 3. The lowest BCUT2D eigenvalue weighted by Gasteiger charge is -2.29. The summed E-state index contributed by atoms with van der Waals surface area (Å²) in [7, 11) is -1.91. The molecule has 3 rings (SSSR count). The lowest BCUT2D eigenvalue weighted by molar-refractivity contribution is 0.101. The van der Waals surface area contributed by atoms with Crippen molar-refractivity contribution in [2.45, 2.75) is 31.6 Å². The first-order valence-electron chi connectivity index (χ1n) is 8.92. The standard InChI is InChI=1S/C19H24BrN3O3S/c1-13-5-4-8-23(11-13)27(25,26)16-10-18(22(3)12-16)19(24)21-15-6-7-17(20)14(2)9-15/h6-7,9-10,12-13H,4-5,8,11H2,1-3H3,(H,21,24)/t13-/m1/s1. The second-order valence-electron chi connectivity index (χ2n) is 7.20. The molecule has 1 atom stereocenters. The normalized spacial score (nSPS) is 18.4. The Balaban J connectivity index is 1.83. The summed E-state index contributed by atoms with van der Waals surface area (Å²) in [5.41, 5.74) is 1.97. The number of halogens is 1. The number of benzene rings is 1. The van der Waals surface area contributed by atoms with E-state index in [2.05, 4.69) is 28.2 Å². The Morgan fingerprint density at radius 1 is 1.30 bits per heavy atom. The van der Waals surface area contributed by atoms with Gasteiger partial charge >= 0.3 is 0 Å². The smallest absolute Gasteiger partial charge is 0.272 e. The third-order valence-corrected chi connectivity index (χ3v) is 7.61. The number of rotatable bonds is 4. The van der Waals surface area contributed by atoms with Crippen LogP contribution in [0.1, 0.15) is 35.8 Å². The highest BCUT2D eigenvalue weighted by atomic mass is 79.9. The average Bonchev–Trinajstić information content (AvgIpc) is 3.01. The van der Waals surface area contributed by atoms with E-state index < -0.39 is 10.0 Å². The van der Waals surface area contributed by atoms with E-state index in [-0.39, 0.29) is 10.8 Å². The molecule has 2 heterocycles. The van der Waals surface area contributed by atoms with Gasteiger partial charge in [-0.2, -0.15) is 4.31 Å². The van der Waals surface area contributed by atoms with Crippen molar-refractivity contribution >= 4 is 37.5 Å². The Labute approximate surface area is 168 Å². The molecule has 146 valence electrons. The van der Waals surface area contributed by atoms with Gasteiger partial charge in [0.15, 0.2) is 0 Å². The van der Waals surface area contributed by atoms with Gasteiger partial charge < -0.3 is 9.88 Å². The number of nitrogens with zero attached hydrogens (tertiary/aromatic N) is 2. The highest BCUT2D eigenvalue weighted by Crippen LogP contribution is 2.25. The number of carbonyl (C=O) groups excluding carboxylic acids is 1. The van der Waals surface area contributed by atoms with Crippen LogP contribution in [-0.4, -0.2) is 36.3 Å². The van der Waals surface area contributed by atoms with Crippen molar-refractivity contribution in [1.82, 2.24) is 8.87 Å². The van der Waals surface area contributed by atoms with Gasteiger partial charge in [-0.05, 0) is 55.5 Å². The number of aryl methyl sites for hydroxylation is 2. The van der Waals surface area contributed by atoms with E-state index in [1.165, 1.54) is 16.6 Å². The van der Waals surface area contributed by atoms with E-state index in [0.29, 0.717) is 30.4 Å². The number of aromatic nitrogens is 1. The number of piperidine rings is 1. The second-order valence-corrected chi connectivity index (χ2v) is 9.99. The Morgan fingerprint density at radius 2 is 2.04 bits per heavy atom. The van der Waals surface area contributed by atoms with Gasteiger partial charge in [0.1, 0.15) is 10.6 Å². The Kier molecular flexibility index (Phi) is 5.79. The predicted octanol–water partition coefficient (Wildman–Crippen LogP) is 3.77. The maximum Gasteiger partial charge on any atom is 0.272 e. The number of anilines is 1. The first-order valence-corrected chi connectivity index (χ1v) is 11.2. The van der Waals surface area contributed by atoms with Gasteiger partial charge in [-0.3, -0.25) is 4.79 Å². The zero-order valence-electron chi connectivity index (χ0n) is 15.7. The van der Waals surface area contributed by atoms with Crippen LogP contribution in [0.5, 0.6) is 0 Å².